The molecule has 0 saturated carbocycles. The van der Waals surface area contributed by atoms with Crippen LogP contribution in [0, 0.1) is 6.92 Å². The minimum Gasteiger partial charge on any atom is -0.369 e. The van der Waals surface area contributed by atoms with Crippen LogP contribution in [0.15, 0.2) is 49.1 Å². The van der Waals surface area contributed by atoms with E-state index in [0.717, 1.165) is 28.2 Å². The number of hydrogen-bond donors (Lipinski definition) is 2. The molecule has 0 atom stereocenters. The van der Waals surface area contributed by atoms with E-state index in [-0.39, 0.29) is 0 Å². The fraction of sp³-hybridized carbons (Fsp3) is 0.286. The summed E-state index contributed by atoms with van der Waals surface area (Å²) in [7, 11) is -3.15. The maximum Gasteiger partial charge on any atom is 0.211 e. The van der Waals surface area contributed by atoms with Crippen LogP contribution in [0.2, 0.25) is 0 Å². The Balaban J connectivity index is 1.33. The Kier molecular flexibility index (Phi) is 5.06. The highest BCUT2D eigenvalue weighted by molar-refractivity contribution is 7.88. The zero-order valence-electron chi connectivity index (χ0n) is 17.9. The topological polar surface area (TPSA) is 112 Å². The molecule has 4 aromatic rings. The van der Waals surface area contributed by atoms with E-state index >= 15 is 0 Å². The van der Waals surface area contributed by atoms with Gasteiger partial charge in [0.25, 0.3) is 0 Å². The molecule has 5 heterocycles. The van der Waals surface area contributed by atoms with Crippen LogP contribution in [0.25, 0.3) is 16.8 Å². The molecule has 0 aliphatic carbocycles. The fourth-order valence-electron chi connectivity index (χ4n) is 3.95. The first-order valence-electron chi connectivity index (χ1n) is 10.3. The number of imidazole rings is 1. The quantitative estimate of drug-likeness (QED) is 0.478. The van der Waals surface area contributed by atoms with Gasteiger partial charge in [-0.25, -0.2) is 18.4 Å². The molecule has 32 heavy (non-hydrogen) atoms. The number of nitrogens with zero attached hydrogens (tertiary/aromatic N) is 6. The zero-order valence-corrected chi connectivity index (χ0v) is 18.7. The standard InChI is InChI=1S/C21H24N8O2S/c1-15-18(12-23-26-15)16-3-4-21-25-20(14-28(21)13-16)24-19-11-17(5-6-22-19)27-7-9-29(10-8-27)32(2,30)31/h3-6,11-14H,7-10H2,1-2H3,(H,22,24)(H,23,26). The predicted molar refractivity (Wildman–Crippen MR) is 124 cm³/mol. The van der Waals surface area contributed by atoms with Crippen LogP contribution in [-0.2, 0) is 10.0 Å². The summed E-state index contributed by atoms with van der Waals surface area (Å²) in [6.07, 6.45) is 8.77. The Hall–Kier alpha value is -3.44. The van der Waals surface area contributed by atoms with Crippen molar-refractivity contribution in [3.05, 3.63) is 54.7 Å². The molecule has 11 heteroatoms. The second kappa shape index (κ2) is 7.92. The minimum atomic E-state index is -3.15. The van der Waals surface area contributed by atoms with E-state index < -0.39 is 10.0 Å². The lowest BCUT2D eigenvalue weighted by molar-refractivity contribution is 0.388. The van der Waals surface area contributed by atoms with Gasteiger partial charge in [0.1, 0.15) is 11.5 Å². The molecule has 166 valence electrons. The molecule has 1 aliphatic rings. The van der Waals surface area contributed by atoms with Crippen LogP contribution in [0.1, 0.15) is 5.69 Å². The second-order valence-corrected chi connectivity index (χ2v) is 9.87. The third-order valence-electron chi connectivity index (χ3n) is 5.66. The number of H-pyrrole nitrogens is 1. The van der Waals surface area contributed by atoms with Crippen LogP contribution in [0.4, 0.5) is 17.3 Å². The Bertz CT molecular complexity index is 1370. The van der Waals surface area contributed by atoms with Crippen LogP contribution in [0.5, 0.6) is 0 Å². The summed E-state index contributed by atoms with van der Waals surface area (Å²) in [4.78, 5) is 11.2. The minimum absolute atomic E-state index is 0.481. The van der Waals surface area contributed by atoms with E-state index in [9.17, 15) is 8.42 Å². The summed E-state index contributed by atoms with van der Waals surface area (Å²) in [5.41, 5.74) is 4.95. The first-order valence-corrected chi connectivity index (χ1v) is 12.1. The van der Waals surface area contributed by atoms with E-state index in [1.165, 1.54) is 10.6 Å². The summed E-state index contributed by atoms with van der Waals surface area (Å²) in [6.45, 7) is 4.24. The molecule has 0 aromatic carbocycles. The van der Waals surface area contributed by atoms with Crippen molar-refractivity contribution in [3.63, 3.8) is 0 Å². The van der Waals surface area contributed by atoms with Gasteiger partial charge in [-0.2, -0.15) is 9.40 Å². The third kappa shape index (κ3) is 4.04. The first kappa shape index (κ1) is 20.5. The van der Waals surface area contributed by atoms with Crippen molar-refractivity contribution in [2.45, 2.75) is 6.92 Å². The number of rotatable bonds is 5. The van der Waals surface area contributed by atoms with Gasteiger partial charge >= 0.3 is 0 Å². The number of nitrogens with one attached hydrogen (secondary N) is 2. The number of fused-ring (bicyclic) bond motifs is 1. The average Bonchev–Trinajstić information content (AvgIpc) is 3.38. The molecule has 10 nitrogen and oxygen atoms in total. The van der Waals surface area contributed by atoms with Gasteiger partial charge in [-0.05, 0) is 25.1 Å². The third-order valence-corrected chi connectivity index (χ3v) is 6.97. The highest BCUT2D eigenvalue weighted by atomic mass is 32.2. The molecule has 0 radical (unpaired) electrons. The van der Waals surface area contributed by atoms with Gasteiger partial charge in [0, 0.05) is 67.1 Å². The number of aromatic nitrogens is 5. The number of hydrogen-bond acceptors (Lipinski definition) is 7. The molecule has 1 fully saturated rings. The van der Waals surface area contributed by atoms with Gasteiger partial charge in [-0.3, -0.25) is 5.10 Å². The summed E-state index contributed by atoms with van der Waals surface area (Å²) in [6, 6.07) is 7.89. The van der Waals surface area contributed by atoms with Gasteiger partial charge in [0.15, 0.2) is 5.82 Å². The number of anilines is 3. The predicted octanol–water partition coefficient (Wildman–Crippen LogP) is 2.25. The molecule has 1 saturated heterocycles. The molecule has 0 amide bonds. The summed E-state index contributed by atoms with van der Waals surface area (Å²) in [5.74, 6) is 1.37. The molecule has 5 rings (SSSR count). The smallest absolute Gasteiger partial charge is 0.211 e. The molecule has 4 aromatic heterocycles. The average molecular weight is 453 g/mol. The summed E-state index contributed by atoms with van der Waals surface area (Å²) in [5, 5.41) is 10.3. The molecule has 0 unspecified atom stereocenters. The van der Waals surface area contributed by atoms with Crippen molar-refractivity contribution in [2.24, 2.45) is 0 Å². The van der Waals surface area contributed by atoms with Crippen LogP contribution in [-0.4, -0.2) is 69.7 Å². The number of pyridine rings is 2. The van der Waals surface area contributed by atoms with E-state index in [4.69, 9.17) is 0 Å². The van der Waals surface area contributed by atoms with Gasteiger partial charge in [-0.1, -0.05) is 0 Å². The zero-order chi connectivity index (χ0) is 22.3. The van der Waals surface area contributed by atoms with Gasteiger partial charge in [0.2, 0.25) is 10.0 Å². The van der Waals surface area contributed by atoms with E-state index in [1.54, 1.807) is 6.20 Å². The molecule has 1 aliphatic heterocycles. The fourth-order valence-corrected chi connectivity index (χ4v) is 4.77. The highest BCUT2D eigenvalue weighted by Crippen LogP contribution is 2.25. The number of sulfonamides is 1. The largest absolute Gasteiger partial charge is 0.369 e. The van der Waals surface area contributed by atoms with Gasteiger partial charge in [0.05, 0.1) is 18.6 Å². The summed E-state index contributed by atoms with van der Waals surface area (Å²) < 4.78 is 27.0. The molecule has 0 bridgehead atoms. The monoisotopic (exact) mass is 452 g/mol. The van der Waals surface area contributed by atoms with Crippen LogP contribution in [0.3, 0.4) is 0 Å². The lowest BCUT2D eigenvalue weighted by Gasteiger charge is -2.34. The Labute approximate surface area is 186 Å². The lowest BCUT2D eigenvalue weighted by Crippen LogP contribution is -2.48. The Morgan fingerprint density at radius 3 is 2.59 bits per heavy atom. The maximum atomic E-state index is 11.7. The Morgan fingerprint density at radius 2 is 1.88 bits per heavy atom. The number of aryl methyl sites for hydroxylation is 1. The molecule has 0 spiro atoms. The van der Waals surface area contributed by atoms with E-state index in [1.807, 2.05) is 54.2 Å². The SMILES string of the molecule is Cc1[nH]ncc1-c1ccc2nc(Nc3cc(N4CCN(S(C)(=O)=O)CC4)ccn3)cn2c1. The van der Waals surface area contributed by atoms with Crippen molar-refractivity contribution >= 4 is 33.0 Å². The Morgan fingerprint density at radius 1 is 1.06 bits per heavy atom. The van der Waals surface area contributed by atoms with Crippen LogP contribution < -0.4 is 10.2 Å². The van der Waals surface area contributed by atoms with Gasteiger partial charge in [-0.15, -0.1) is 0 Å². The number of piperazine rings is 1. The van der Waals surface area contributed by atoms with E-state index in [2.05, 4.69) is 30.4 Å². The van der Waals surface area contributed by atoms with Crippen molar-refractivity contribution in [1.29, 1.82) is 0 Å². The van der Waals surface area contributed by atoms with E-state index in [0.29, 0.717) is 37.8 Å². The van der Waals surface area contributed by atoms with Gasteiger partial charge < -0.3 is 14.6 Å². The van der Waals surface area contributed by atoms with Crippen LogP contribution >= 0.6 is 0 Å². The van der Waals surface area contributed by atoms with Crippen molar-refractivity contribution in [2.75, 3.05) is 42.7 Å². The van der Waals surface area contributed by atoms with Crippen molar-refractivity contribution < 1.29 is 8.42 Å². The molecule has 2 N–H and O–H groups in total. The maximum absolute atomic E-state index is 11.7. The normalized spacial score (nSPS) is 15.4. The first-order chi connectivity index (χ1) is 15.4. The molecular formula is C21H24N8O2S. The lowest BCUT2D eigenvalue weighted by atomic mass is 10.1. The van der Waals surface area contributed by atoms with Crippen molar-refractivity contribution in [3.8, 4) is 11.1 Å². The second-order valence-electron chi connectivity index (χ2n) is 7.89. The highest BCUT2D eigenvalue weighted by Gasteiger charge is 2.23. The summed E-state index contributed by atoms with van der Waals surface area (Å²) >= 11 is 0. The van der Waals surface area contributed by atoms with Crippen molar-refractivity contribution in [1.82, 2.24) is 28.9 Å². The molecular weight excluding hydrogens is 428 g/mol. The number of aromatic amines is 1.